The summed E-state index contributed by atoms with van der Waals surface area (Å²) >= 11 is 0. The first-order chi connectivity index (χ1) is 12.1. The molecule has 0 saturated heterocycles. The summed E-state index contributed by atoms with van der Waals surface area (Å²) in [7, 11) is 0. The van der Waals surface area contributed by atoms with Crippen molar-refractivity contribution in [3.05, 3.63) is 65.2 Å². The van der Waals surface area contributed by atoms with Gasteiger partial charge in [0.05, 0.1) is 12.6 Å². The molecule has 1 heterocycles. The fourth-order valence-corrected chi connectivity index (χ4v) is 2.95. The first kappa shape index (κ1) is 17.2. The molecule has 1 aliphatic heterocycles. The van der Waals surface area contributed by atoms with Crippen LogP contribution in [0.1, 0.15) is 30.0 Å². The minimum Gasteiger partial charge on any atom is -0.493 e. The molecule has 4 nitrogen and oxygen atoms in total. The van der Waals surface area contributed by atoms with Crippen LogP contribution in [0.5, 0.6) is 5.75 Å². The van der Waals surface area contributed by atoms with Gasteiger partial charge in [0.1, 0.15) is 17.4 Å². The standard InChI is InChI=1S/C19H21F2N3O/c20-14-10-13(11-15(21)12-14)4-3-8-23-19(22)24-17-7-9-25-18-6-2-1-5-16(17)18/h1-2,5-6,10-12,17H,3-4,7-9H2,(H3,22,23,24). The van der Waals surface area contributed by atoms with Gasteiger partial charge in [0, 0.05) is 24.6 Å². The third kappa shape index (κ3) is 4.68. The van der Waals surface area contributed by atoms with Crippen molar-refractivity contribution in [2.75, 3.05) is 13.2 Å². The summed E-state index contributed by atoms with van der Waals surface area (Å²) in [5.41, 5.74) is 7.66. The predicted octanol–water partition coefficient (Wildman–Crippen LogP) is 3.33. The van der Waals surface area contributed by atoms with Gasteiger partial charge in [-0.3, -0.25) is 4.99 Å². The molecule has 0 fully saturated rings. The molecule has 0 aliphatic carbocycles. The summed E-state index contributed by atoms with van der Waals surface area (Å²) in [5.74, 6) is 0.120. The molecule has 2 aromatic rings. The van der Waals surface area contributed by atoms with Gasteiger partial charge >= 0.3 is 0 Å². The minimum absolute atomic E-state index is 0.0750. The van der Waals surface area contributed by atoms with Gasteiger partial charge in [-0.1, -0.05) is 18.2 Å². The van der Waals surface area contributed by atoms with Crippen molar-refractivity contribution in [1.29, 1.82) is 0 Å². The number of aliphatic imine (C=N–C) groups is 1. The lowest BCUT2D eigenvalue weighted by Gasteiger charge is -2.26. The van der Waals surface area contributed by atoms with Crippen LogP contribution >= 0.6 is 0 Å². The fourth-order valence-electron chi connectivity index (χ4n) is 2.95. The molecule has 0 spiro atoms. The van der Waals surface area contributed by atoms with Crippen LogP contribution in [-0.4, -0.2) is 19.1 Å². The third-order valence-electron chi connectivity index (χ3n) is 4.11. The first-order valence-corrected chi connectivity index (χ1v) is 8.35. The smallest absolute Gasteiger partial charge is 0.189 e. The van der Waals surface area contributed by atoms with Crippen molar-refractivity contribution < 1.29 is 13.5 Å². The van der Waals surface area contributed by atoms with Gasteiger partial charge in [-0.15, -0.1) is 0 Å². The second-order valence-corrected chi connectivity index (χ2v) is 6.02. The summed E-state index contributed by atoms with van der Waals surface area (Å²) in [6.07, 6.45) is 2.02. The van der Waals surface area contributed by atoms with E-state index in [4.69, 9.17) is 10.5 Å². The number of nitrogens with two attached hydrogens (primary N) is 1. The van der Waals surface area contributed by atoms with E-state index in [1.54, 1.807) is 0 Å². The van der Waals surface area contributed by atoms with Crippen LogP contribution in [0.4, 0.5) is 8.78 Å². The maximum Gasteiger partial charge on any atom is 0.189 e. The number of fused-ring (bicyclic) bond motifs is 1. The molecule has 132 valence electrons. The minimum atomic E-state index is -0.558. The van der Waals surface area contributed by atoms with Crippen molar-refractivity contribution in [1.82, 2.24) is 5.32 Å². The molecule has 3 N–H and O–H groups in total. The Kier molecular flexibility index (Phi) is 5.48. The molecule has 0 bridgehead atoms. The van der Waals surface area contributed by atoms with E-state index in [0.29, 0.717) is 37.5 Å². The van der Waals surface area contributed by atoms with Crippen molar-refractivity contribution in [3.63, 3.8) is 0 Å². The van der Waals surface area contributed by atoms with Crippen molar-refractivity contribution >= 4 is 5.96 Å². The zero-order chi connectivity index (χ0) is 17.6. The van der Waals surface area contributed by atoms with E-state index >= 15 is 0 Å². The van der Waals surface area contributed by atoms with E-state index in [9.17, 15) is 8.78 Å². The van der Waals surface area contributed by atoms with Crippen molar-refractivity contribution in [3.8, 4) is 5.75 Å². The number of halogens is 2. The topological polar surface area (TPSA) is 59.6 Å². The summed E-state index contributed by atoms with van der Waals surface area (Å²) < 4.78 is 31.9. The van der Waals surface area contributed by atoms with Crippen LogP contribution in [0.2, 0.25) is 0 Å². The number of rotatable bonds is 5. The molecule has 3 rings (SSSR count). The quantitative estimate of drug-likeness (QED) is 0.496. The SMILES string of the molecule is NC(=NCCCc1cc(F)cc(F)c1)NC1CCOc2ccccc21. The van der Waals surface area contributed by atoms with Crippen LogP contribution in [0, 0.1) is 11.6 Å². The Morgan fingerprint density at radius 3 is 2.76 bits per heavy atom. The number of benzene rings is 2. The fraction of sp³-hybridized carbons (Fsp3) is 0.316. The lowest BCUT2D eigenvalue weighted by atomic mass is 10.0. The highest BCUT2D eigenvalue weighted by Gasteiger charge is 2.21. The highest BCUT2D eigenvalue weighted by Crippen LogP contribution is 2.31. The Balaban J connectivity index is 1.51. The Morgan fingerprint density at radius 2 is 1.96 bits per heavy atom. The Bertz CT molecular complexity index is 744. The predicted molar refractivity (Wildman–Crippen MR) is 93.6 cm³/mol. The Labute approximate surface area is 145 Å². The molecule has 0 saturated carbocycles. The molecule has 1 unspecified atom stereocenters. The van der Waals surface area contributed by atoms with Gasteiger partial charge in [0.2, 0.25) is 0 Å². The van der Waals surface area contributed by atoms with E-state index in [-0.39, 0.29) is 6.04 Å². The number of nitrogens with zero attached hydrogens (tertiary/aromatic N) is 1. The van der Waals surface area contributed by atoms with Gasteiger partial charge in [-0.25, -0.2) is 8.78 Å². The average molecular weight is 345 g/mol. The van der Waals surface area contributed by atoms with E-state index in [2.05, 4.69) is 10.3 Å². The van der Waals surface area contributed by atoms with E-state index in [1.165, 1.54) is 12.1 Å². The largest absolute Gasteiger partial charge is 0.493 e. The van der Waals surface area contributed by atoms with Crippen LogP contribution in [0.3, 0.4) is 0 Å². The third-order valence-corrected chi connectivity index (χ3v) is 4.11. The van der Waals surface area contributed by atoms with Crippen LogP contribution in [-0.2, 0) is 6.42 Å². The molecule has 0 aromatic heterocycles. The van der Waals surface area contributed by atoms with E-state index in [1.807, 2.05) is 24.3 Å². The molecular formula is C19H21F2N3O. The maximum atomic E-state index is 13.1. The molecule has 1 aliphatic rings. The molecule has 0 amide bonds. The highest BCUT2D eigenvalue weighted by molar-refractivity contribution is 5.78. The van der Waals surface area contributed by atoms with Gasteiger partial charge in [-0.05, 0) is 36.6 Å². The molecule has 6 heteroatoms. The molecule has 1 atom stereocenters. The number of hydrogen-bond donors (Lipinski definition) is 2. The summed E-state index contributed by atoms with van der Waals surface area (Å²) in [4.78, 5) is 4.31. The summed E-state index contributed by atoms with van der Waals surface area (Å²) in [6.45, 7) is 1.12. The number of aryl methyl sites for hydroxylation is 1. The van der Waals surface area contributed by atoms with Gasteiger partial charge in [-0.2, -0.15) is 0 Å². The highest BCUT2D eigenvalue weighted by atomic mass is 19.1. The monoisotopic (exact) mass is 345 g/mol. The summed E-state index contributed by atoms with van der Waals surface area (Å²) in [6, 6.07) is 11.5. The Morgan fingerprint density at radius 1 is 1.20 bits per heavy atom. The van der Waals surface area contributed by atoms with Crippen LogP contribution in [0.15, 0.2) is 47.5 Å². The number of hydrogen-bond acceptors (Lipinski definition) is 2. The Hall–Kier alpha value is -2.63. The van der Waals surface area contributed by atoms with E-state index in [0.717, 1.165) is 23.8 Å². The number of guanidine groups is 1. The van der Waals surface area contributed by atoms with Gasteiger partial charge in [0.25, 0.3) is 0 Å². The van der Waals surface area contributed by atoms with Crippen LogP contribution < -0.4 is 15.8 Å². The van der Waals surface area contributed by atoms with Gasteiger partial charge in [0.15, 0.2) is 5.96 Å². The maximum absolute atomic E-state index is 13.1. The molecule has 25 heavy (non-hydrogen) atoms. The average Bonchev–Trinajstić information content (AvgIpc) is 2.58. The zero-order valence-electron chi connectivity index (χ0n) is 13.8. The van der Waals surface area contributed by atoms with Crippen molar-refractivity contribution in [2.45, 2.75) is 25.3 Å². The zero-order valence-corrected chi connectivity index (χ0v) is 13.8. The second-order valence-electron chi connectivity index (χ2n) is 6.02. The lowest BCUT2D eigenvalue weighted by Crippen LogP contribution is -2.37. The number of para-hydroxylation sites is 1. The number of nitrogens with one attached hydrogen (secondary N) is 1. The first-order valence-electron chi connectivity index (χ1n) is 8.35. The van der Waals surface area contributed by atoms with Gasteiger partial charge < -0.3 is 15.8 Å². The number of ether oxygens (including phenoxy) is 1. The van der Waals surface area contributed by atoms with Crippen molar-refractivity contribution in [2.24, 2.45) is 10.7 Å². The van der Waals surface area contributed by atoms with Crippen LogP contribution in [0.25, 0.3) is 0 Å². The summed E-state index contributed by atoms with van der Waals surface area (Å²) in [5, 5.41) is 3.22. The second kappa shape index (κ2) is 7.96. The van der Waals surface area contributed by atoms with E-state index < -0.39 is 11.6 Å². The lowest BCUT2D eigenvalue weighted by molar-refractivity contribution is 0.262. The molecular weight excluding hydrogens is 324 g/mol. The molecule has 2 aromatic carbocycles. The molecule has 0 radical (unpaired) electrons. The normalized spacial score (nSPS) is 16.9.